The van der Waals surface area contributed by atoms with Crippen molar-refractivity contribution >= 4 is 39.8 Å². The molecule has 7 heteroatoms. The first-order chi connectivity index (χ1) is 10.5. The molecule has 0 aliphatic carbocycles. The van der Waals surface area contributed by atoms with E-state index in [1.165, 1.54) is 19.3 Å². The standard InChI is InChI=1S/C16H33N3O2S.HI/c1-5-14(6-2)15-9-11-19(13-15)16(17-7-3)18-10-12-22(20,21)8-4;/h14-15H,5-13H2,1-4H3,(H,17,18);1H. The SMILES string of the molecule is CCNC(=NCCS(=O)(=O)CC)N1CCC(C(CC)CC)C1.I. The summed E-state index contributed by atoms with van der Waals surface area (Å²) in [6.45, 7) is 11.5. The third-order valence-corrected chi connectivity index (χ3v) is 6.36. The fourth-order valence-corrected chi connectivity index (χ4v) is 3.84. The van der Waals surface area contributed by atoms with Crippen LogP contribution in [-0.4, -0.2) is 57.0 Å². The van der Waals surface area contributed by atoms with Gasteiger partial charge in [-0.1, -0.05) is 33.6 Å². The lowest BCUT2D eigenvalue weighted by Gasteiger charge is -2.24. The van der Waals surface area contributed by atoms with Gasteiger partial charge in [-0.05, 0) is 25.2 Å². The fraction of sp³-hybridized carbons (Fsp3) is 0.938. The number of likely N-dealkylation sites (tertiary alicyclic amines) is 1. The molecule has 138 valence electrons. The second-order valence-electron chi connectivity index (χ2n) is 6.04. The van der Waals surface area contributed by atoms with Gasteiger partial charge in [0.15, 0.2) is 15.8 Å². The summed E-state index contributed by atoms with van der Waals surface area (Å²) in [6, 6.07) is 0. The predicted octanol–water partition coefficient (Wildman–Crippen LogP) is 2.76. The zero-order valence-corrected chi connectivity index (χ0v) is 18.2. The minimum Gasteiger partial charge on any atom is -0.357 e. The van der Waals surface area contributed by atoms with Gasteiger partial charge in [-0.2, -0.15) is 0 Å². The molecular formula is C16H34IN3O2S. The summed E-state index contributed by atoms with van der Waals surface area (Å²) in [7, 11) is -2.94. The Morgan fingerprint density at radius 3 is 2.43 bits per heavy atom. The van der Waals surface area contributed by atoms with Crippen LogP contribution in [-0.2, 0) is 9.84 Å². The van der Waals surface area contributed by atoms with Crippen LogP contribution in [0.3, 0.4) is 0 Å². The number of rotatable bonds is 8. The molecule has 0 bridgehead atoms. The molecule has 1 atom stereocenters. The molecule has 0 aromatic carbocycles. The second-order valence-corrected chi connectivity index (χ2v) is 8.52. The lowest BCUT2D eigenvalue weighted by atomic mass is 9.87. The highest BCUT2D eigenvalue weighted by atomic mass is 127. The van der Waals surface area contributed by atoms with Crippen LogP contribution < -0.4 is 5.32 Å². The molecule has 23 heavy (non-hydrogen) atoms. The molecule has 0 spiro atoms. The quantitative estimate of drug-likeness (QED) is 0.345. The molecule has 1 N–H and O–H groups in total. The maximum atomic E-state index is 11.6. The summed E-state index contributed by atoms with van der Waals surface area (Å²) in [5.74, 6) is 2.73. The highest BCUT2D eigenvalue weighted by Gasteiger charge is 2.29. The summed E-state index contributed by atoms with van der Waals surface area (Å²) in [4.78, 5) is 6.82. The zero-order chi connectivity index (χ0) is 16.6. The topological polar surface area (TPSA) is 61.8 Å². The molecule has 0 amide bonds. The maximum absolute atomic E-state index is 11.6. The fourth-order valence-electron chi connectivity index (χ4n) is 3.18. The Morgan fingerprint density at radius 2 is 1.91 bits per heavy atom. The van der Waals surface area contributed by atoms with E-state index in [1.807, 2.05) is 6.92 Å². The number of nitrogens with one attached hydrogen (secondary N) is 1. The van der Waals surface area contributed by atoms with E-state index in [0.717, 1.165) is 37.4 Å². The highest BCUT2D eigenvalue weighted by Crippen LogP contribution is 2.28. The first kappa shape index (κ1) is 22.9. The van der Waals surface area contributed by atoms with E-state index in [-0.39, 0.29) is 35.5 Å². The lowest BCUT2D eigenvalue weighted by molar-refractivity contribution is 0.319. The number of hydrogen-bond acceptors (Lipinski definition) is 3. The number of sulfone groups is 1. The molecule has 1 saturated heterocycles. The summed E-state index contributed by atoms with van der Waals surface area (Å²) in [5, 5.41) is 3.31. The molecule has 1 unspecified atom stereocenters. The summed E-state index contributed by atoms with van der Waals surface area (Å²) >= 11 is 0. The van der Waals surface area contributed by atoms with E-state index in [1.54, 1.807) is 6.92 Å². The van der Waals surface area contributed by atoms with Gasteiger partial charge in [0.2, 0.25) is 0 Å². The van der Waals surface area contributed by atoms with Crippen molar-refractivity contribution in [1.29, 1.82) is 0 Å². The highest BCUT2D eigenvalue weighted by molar-refractivity contribution is 14.0. The Bertz CT molecular complexity index is 450. The van der Waals surface area contributed by atoms with Crippen LogP contribution in [0.15, 0.2) is 4.99 Å². The minimum atomic E-state index is -2.94. The van der Waals surface area contributed by atoms with Gasteiger partial charge in [-0.25, -0.2) is 8.42 Å². The summed E-state index contributed by atoms with van der Waals surface area (Å²) in [6.07, 6.45) is 3.68. The Hall–Kier alpha value is -0.0500. The van der Waals surface area contributed by atoms with Crippen LogP contribution in [0.4, 0.5) is 0 Å². The van der Waals surface area contributed by atoms with Gasteiger partial charge in [0.05, 0.1) is 12.3 Å². The third kappa shape index (κ3) is 7.58. The van der Waals surface area contributed by atoms with Gasteiger partial charge in [-0.15, -0.1) is 24.0 Å². The summed E-state index contributed by atoms with van der Waals surface area (Å²) in [5.41, 5.74) is 0. The van der Waals surface area contributed by atoms with Crippen molar-refractivity contribution in [3.05, 3.63) is 0 Å². The van der Waals surface area contributed by atoms with Gasteiger partial charge in [0.25, 0.3) is 0 Å². The van der Waals surface area contributed by atoms with Crippen molar-refractivity contribution in [3.8, 4) is 0 Å². The molecule has 1 heterocycles. The van der Waals surface area contributed by atoms with Gasteiger partial charge in [0, 0.05) is 25.4 Å². The van der Waals surface area contributed by atoms with Crippen LogP contribution in [0.2, 0.25) is 0 Å². The van der Waals surface area contributed by atoms with Gasteiger partial charge in [0.1, 0.15) is 0 Å². The summed E-state index contributed by atoms with van der Waals surface area (Å²) < 4.78 is 23.2. The molecule has 1 aliphatic heterocycles. The van der Waals surface area contributed by atoms with E-state index in [4.69, 9.17) is 0 Å². The Labute approximate surface area is 159 Å². The second kappa shape index (κ2) is 11.5. The van der Waals surface area contributed by atoms with Crippen LogP contribution in [0.5, 0.6) is 0 Å². The van der Waals surface area contributed by atoms with Crippen molar-refractivity contribution < 1.29 is 8.42 Å². The molecule has 1 aliphatic rings. The van der Waals surface area contributed by atoms with Crippen molar-refractivity contribution in [1.82, 2.24) is 10.2 Å². The van der Waals surface area contributed by atoms with E-state index in [0.29, 0.717) is 6.54 Å². The number of hydrogen-bond donors (Lipinski definition) is 1. The smallest absolute Gasteiger partial charge is 0.193 e. The lowest BCUT2D eigenvalue weighted by Crippen LogP contribution is -2.40. The Balaban J connectivity index is 0.00000484. The molecular weight excluding hydrogens is 425 g/mol. The first-order valence-electron chi connectivity index (χ1n) is 8.70. The number of aliphatic imine (C=N–C) groups is 1. The van der Waals surface area contributed by atoms with Crippen LogP contribution in [0.25, 0.3) is 0 Å². The molecule has 0 aromatic heterocycles. The number of halogens is 1. The largest absolute Gasteiger partial charge is 0.357 e. The number of guanidine groups is 1. The minimum absolute atomic E-state index is 0. The molecule has 0 aromatic rings. The van der Waals surface area contributed by atoms with Gasteiger partial charge in [-0.3, -0.25) is 4.99 Å². The van der Waals surface area contributed by atoms with Crippen molar-refractivity contribution in [3.63, 3.8) is 0 Å². The first-order valence-corrected chi connectivity index (χ1v) is 10.5. The molecule has 0 radical (unpaired) electrons. The molecule has 5 nitrogen and oxygen atoms in total. The predicted molar refractivity (Wildman–Crippen MR) is 109 cm³/mol. The Morgan fingerprint density at radius 1 is 1.26 bits per heavy atom. The number of nitrogens with zero attached hydrogens (tertiary/aromatic N) is 2. The average Bonchev–Trinajstić information content (AvgIpc) is 2.97. The van der Waals surface area contributed by atoms with Crippen LogP contribution in [0.1, 0.15) is 47.0 Å². The normalized spacial score (nSPS) is 19.1. The monoisotopic (exact) mass is 459 g/mol. The van der Waals surface area contributed by atoms with Crippen molar-refractivity contribution in [2.24, 2.45) is 16.8 Å². The van der Waals surface area contributed by atoms with E-state index in [9.17, 15) is 8.42 Å². The zero-order valence-electron chi connectivity index (χ0n) is 15.0. The van der Waals surface area contributed by atoms with Crippen molar-refractivity contribution in [2.75, 3.05) is 37.7 Å². The van der Waals surface area contributed by atoms with Crippen molar-refractivity contribution in [2.45, 2.75) is 47.0 Å². The molecule has 0 saturated carbocycles. The third-order valence-electron chi connectivity index (χ3n) is 4.68. The van der Waals surface area contributed by atoms with Crippen LogP contribution in [0, 0.1) is 11.8 Å². The molecule has 1 fully saturated rings. The average molecular weight is 459 g/mol. The van der Waals surface area contributed by atoms with Crippen LogP contribution >= 0.6 is 24.0 Å². The van der Waals surface area contributed by atoms with Gasteiger partial charge >= 0.3 is 0 Å². The van der Waals surface area contributed by atoms with E-state index in [2.05, 4.69) is 29.1 Å². The Kier molecular flexibility index (Phi) is 11.5. The van der Waals surface area contributed by atoms with E-state index >= 15 is 0 Å². The maximum Gasteiger partial charge on any atom is 0.193 e. The molecule has 1 rings (SSSR count). The van der Waals surface area contributed by atoms with Gasteiger partial charge < -0.3 is 10.2 Å². The van der Waals surface area contributed by atoms with E-state index < -0.39 is 9.84 Å².